The highest BCUT2D eigenvalue weighted by Crippen LogP contribution is 2.22. The van der Waals surface area contributed by atoms with E-state index in [-0.39, 0.29) is 0 Å². The number of aryl methyl sites for hydroxylation is 3. The van der Waals surface area contributed by atoms with Gasteiger partial charge in [-0.2, -0.15) is 0 Å². The zero-order valence-corrected chi connectivity index (χ0v) is 13.0. The first-order chi connectivity index (χ1) is 9.81. The van der Waals surface area contributed by atoms with Gasteiger partial charge in [0.2, 0.25) is 5.95 Å². The van der Waals surface area contributed by atoms with Gasteiger partial charge >= 0.3 is 0 Å². The van der Waals surface area contributed by atoms with E-state index in [0.29, 0.717) is 6.04 Å². The molecule has 0 aliphatic heterocycles. The quantitative estimate of drug-likeness (QED) is 0.892. The van der Waals surface area contributed by atoms with Crippen LogP contribution < -0.4 is 5.32 Å². The standard InChI is InChI=1S/C16H23N3S/c1-13-12-19(10-9-15-8-5-11-20-15)16(17-13)18-14-6-3-2-4-7-14/h5,8,11-12,14H,2-4,6-7,9-10H2,1H3,(H,17,18). The lowest BCUT2D eigenvalue weighted by Gasteiger charge is -2.23. The van der Waals surface area contributed by atoms with Crippen LogP contribution in [0.4, 0.5) is 5.95 Å². The summed E-state index contributed by atoms with van der Waals surface area (Å²) in [5.74, 6) is 1.06. The predicted octanol–water partition coefficient (Wildman–Crippen LogP) is 4.24. The number of nitrogens with zero attached hydrogens (tertiary/aromatic N) is 2. The van der Waals surface area contributed by atoms with Crippen LogP contribution in [-0.4, -0.2) is 15.6 Å². The molecule has 1 fully saturated rings. The number of hydrogen-bond donors (Lipinski definition) is 1. The summed E-state index contributed by atoms with van der Waals surface area (Å²) in [7, 11) is 0. The molecule has 0 atom stereocenters. The summed E-state index contributed by atoms with van der Waals surface area (Å²) in [6.45, 7) is 3.09. The molecule has 0 amide bonds. The third kappa shape index (κ3) is 3.42. The van der Waals surface area contributed by atoms with Crippen LogP contribution in [0.1, 0.15) is 42.7 Å². The Bertz CT molecular complexity index is 524. The van der Waals surface area contributed by atoms with E-state index in [9.17, 15) is 0 Å². The van der Waals surface area contributed by atoms with Gasteiger partial charge in [0.05, 0.1) is 5.69 Å². The maximum atomic E-state index is 4.66. The SMILES string of the molecule is Cc1cn(CCc2cccs2)c(NC2CCCCC2)n1. The smallest absolute Gasteiger partial charge is 0.203 e. The maximum Gasteiger partial charge on any atom is 0.203 e. The van der Waals surface area contributed by atoms with Crippen molar-refractivity contribution in [2.45, 2.75) is 58.0 Å². The van der Waals surface area contributed by atoms with E-state index in [2.05, 4.69) is 45.5 Å². The van der Waals surface area contributed by atoms with Gasteiger partial charge in [-0.3, -0.25) is 0 Å². The van der Waals surface area contributed by atoms with Crippen LogP contribution in [0.5, 0.6) is 0 Å². The van der Waals surface area contributed by atoms with E-state index in [1.807, 2.05) is 11.3 Å². The Morgan fingerprint density at radius 1 is 1.35 bits per heavy atom. The lowest BCUT2D eigenvalue weighted by atomic mass is 9.96. The Hall–Kier alpha value is -1.29. The molecule has 1 saturated carbocycles. The van der Waals surface area contributed by atoms with E-state index in [1.54, 1.807) is 0 Å². The van der Waals surface area contributed by atoms with Crippen molar-refractivity contribution in [3.8, 4) is 0 Å². The summed E-state index contributed by atoms with van der Waals surface area (Å²) in [5, 5.41) is 5.80. The van der Waals surface area contributed by atoms with Crippen molar-refractivity contribution in [1.29, 1.82) is 0 Å². The molecule has 1 N–H and O–H groups in total. The topological polar surface area (TPSA) is 29.9 Å². The minimum absolute atomic E-state index is 0.617. The van der Waals surface area contributed by atoms with Crippen LogP contribution in [0.3, 0.4) is 0 Å². The minimum atomic E-state index is 0.617. The van der Waals surface area contributed by atoms with Gasteiger partial charge in [-0.1, -0.05) is 25.3 Å². The van der Waals surface area contributed by atoms with Crippen LogP contribution in [-0.2, 0) is 13.0 Å². The Balaban J connectivity index is 1.64. The number of hydrogen-bond acceptors (Lipinski definition) is 3. The van der Waals surface area contributed by atoms with E-state index in [4.69, 9.17) is 0 Å². The fourth-order valence-corrected chi connectivity index (χ4v) is 3.65. The number of thiophene rings is 1. The lowest BCUT2D eigenvalue weighted by Crippen LogP contribution is -2.24. The van der Waals surface area contributed by atoms with E-state index in [1.165, 1.54) is 37.0 Å². The second kappa shape index (κ2) is 6.44. The van der Waals surface area contributed by atoms with Crippen molar-refractivity contribution in [3.05, 3.63) is 34.3 Å². The van der Waals surface area contributed by atoms with Crippen molar-refractivity contribution >= 4 is 17.3 Å². The molecule has 0 bridgehead atoms. The number of anilines is 1. The molecule has 3 nitrogen and oxygen atoms in total. The highest BCUT2D eigenvalue weighted by molar-refractivity contribution is 7.09. The van der Waals surface area contributed by atoms with Gasteiger partial charge in [-0.25, -0.2) is 4.98 Å². The molecule has 108 valence electrons. The Labute approximate surface area is 125 Å². The molecule has 0 unspecified atom stereocenters. The molecule has 0 spiro atoms. The zero-order valence-electron chi connectivity index (χ0n) is 12.1. The molecule has 2 aromatic rings. The van der Waals surface area contributed by atoms with Crippen molar-refractivity contribution in [2.24, 2.45) is 0 Å². The van der Waals surface area contributed by atoms with Gasteiger partial charge in [0, 0.05) is 23.7 Å². The van der Waals surface area contributed by atoms with Crippen molar-refractivity contribution in [3.63, 3.8) is 0 Å². The van der Waals surface area contributed by atoms with Crippen LogP contribution in [0.15, 0.2) is 23.7 Å². The Morgan fingerprint density at radius 2 is 2.20 bits per heavy atom. The second-order valence-electron chi connectivity index (χ2n) is 5.71. The van der Waals surface area contributed by atoms with Crippen molar-refractivity contribution in [2.75, 3.05) is 5.32 Å². The molecule has 1 aliphatic carbocycles. The normalized spacial score (nSPS) is 16.4. The monoisotopic (exact) mass is 289 g/mol. The first-order valence-corrected chi connectivity index (χ1v) is 8.52. The number of rotatable bonds is 5. The molecular formula is C16H23N3S. The zero-order chi connectivity index (χ0) is 13.8. The van der Waals surface area contributed by atoms with Crippen LogP contribution in [0.25, 0.3) is 0 Å². The van der Waals surface area contributed by atoms with E-state index in [0.717, 1.165) is 24.6 Å². The van der Waals surface area contributed by atoms with Gasteiger partial charge in [0.1, 0.15) is 0 Å². The number of nitrogens with one attached hydrogen (secondary N) is 1. The third-order valence-electron chi connectivity index (χ3n) is 4.01. The largest absolute Gasteiger partial charge is 0.353 e. The molecular weight excluding hydrogens is 266 g/mol. The molecule has 0 saturated heterocycles. The third-order valence-corrected chi connectivity index (χ3v) is 4.95. The second-order valence-corrected chi connectivity index (χ2v) is 6.74. The van der Waals surface area contributed by atoms with Crippen molar-refractivity contribution in [1.82, 2.24) is 9.55 Å². The Morgan fingerprint density at radius 3 is 2.95 bits per heavy atom. The predicted molar refractivity (Wildman–Crippen MR) is 85.5 cm³/mol. The highest BCUT2D eigenvalue weighted by Gasteiger charge is 2.15. The number of aromatic nitrogens is 2. The summed E-state index contributed by atoms with van der Waals surface area (Å²) in [4.78, 5) is 6.10. The van der Waals surface area contributed by atoms with Gasteiger partial charge in [-0.15, -0.1) is 11.3 Å². The lowest BCUT2D eigenvalue weighted by molar-refractivity contribution is 0.459. The van der Waals surface area contributed by atoms with E-state index < -0.39 is 0 Å². The summed E-state index contributed by atoms with van der Waals surface area (Å²) in [6.07, 6.45) is 9.93. The molecule has 0 aromatic carbocycles. The summed E-state index contributed by atoms with van der Waals surface area (Å²) in [5.41, 5.74) is 1.11. The van der Waals surface area contributed by atoms with Gasteiger partial charge in [-0.05, 0) is 37.6 Å². The molecule has 20 heavy (non-hydrogen) atoms. The average Bonchev–Trinajstić information content (AvgIpc) is 3.07. The molecule has 4 heteroatoms. The molecule has 2 heterocycles. The fraction of sp³-hybridized carbons (Fsp3) is 0.562. The summed E-state index contributed by atoms with van der Waals surface area (Å²) >= 11 is 1.84. The molecule has 3 rings (SSSR count). The maximum absolute atomic E-state index is 4.66. The first kappa shape index (κ1) is 13.7. The van der Waals surface area contributed by atoms with E-state index >= 15 is 0 Å². The van der Waals surface area contributed by atoms with Crippen LogP contribution >= 0.6 is 11.3 Å². The van der Waals surface area contributed by atoms with Crippen LogP contribution in [0.2, 0.25) is 0 Å². The summed E-state index contributed by atoms with van der Waals surface area (Å²) in [6, 6.07) is 4.95. The average molecular weight is 289 g/mol. The highest BCUT2D eigenvalue weighted by atomic mass is 32.1. The summed E-state index contributed by atoms with van der Waals surface area (Å²) < 4.78 is 2.28. The van der Waals surface area contributed by atoms with Gasteiger partial charge in [0.25, 0.3) is 0 Å². The van der Waals surface area contributed by atoms with Crippen LogP contribution in [0, 0.1) is 6.92 Å². The van der Waals surface area contributed by atoms with Gasteiger partial charge < -0.3 is 9.88 Å². The van der Waals surface area contributed by atoms with Gasteiger partial charge in [0.15, 0.2) is 0 Å². The molecule has 0 radical (unpaired) electrons. The first-order valence-electron chi connectivity index (χ1n) is 7.64. The Kier molecular flexibility index (Phi) is 4.41. The molecule has 1 aliphatic rings. The minimum Gasteiger partial charge on any atom is -0.353 e. The number of imidazole rings is 1. The van der Waals surface area contributed by atoms with Crippen molar-refractivity contribution < 1.29 is 0 Å². The fourth-order valence-electron chi connectivity index (χ4n) is 2.95. The molecule has 2 aromatic heterocycles.